The number of carbonyl (C=O) groups excluding carboxylic acids is 1. The molecule has 1 aliphatic carbocycles. The van der Waals surface area contributed by atoms with Gasteiger partial charge in [-0.15, -0.1) is 0 Å². The zero-order valence-corrected chi connectivity index (χ0v) is 14.8. The van der Waals surface area contributed by atoms with E-state index in [9.17, 15) is 4.79 Å². The van der Waals surface area contributed by atoms with E-state index < -0.39 is 0 Å². The lowest BCUT2D eigenvalue weighted by atomic mass is 9.63. The topological polar surface area (TPSA) is 59.8 Å². The molecule has 1 aliphatic rings. The molecule has 1 aromatic heterocycles. The van der Waals surface area contributed by atoms with Gasteiger partial charge < -0.3 is 5.32 Å². The summed E-state index contributed by atoms with van der Waals surface area (Å²) in [4.78, 5) is 17.0. The molecule has 2 aromatic carbocycles. The van der Waals surface area contributed by atoms with Crippen LogP contribution < -0.4 is 5.32 Å². The molecule has 3 aromatic rings. The molecule has 132 valence electrons. The number of aromatic nitrogens is 3. The summed E-state index contributed by atoms with van der Waals surface area (Å²) in [5, 5.41) is 7.35. The molecule has 0 saturated heterocycles. The zero-order chi connectivity index (χ0) is 18.0. The molecule has 0 radical (unpaired) electrons. The van der Waals surface area contributed by atoms with Crippen LogP contribution in [0.25, 0.3) is 5.69 Å². The number of amides is 1. The predicted octanol–water partition coefficient (Wildman–Crippen LogP) is 3.57. The number of nitrogens with zero attached hydrogens (tertiary/aromatic N) is 3. The van der Waals surface area contributed by atoms with Crippen LogP contribution in [0.2, 0.25) is 0 Å². The largest absolute Gasteiger partial charge is 0.349 e. The number of benzene rings is 2. The molecule has 4 rings (SSSR count). The third-order valence-electron chi connectivity index (χ3n) is 5.39. The highest BCUT2D eigenvalue weighted by atomic mass is 16.2. The summed E-state index contributed by atoms with van der Waals surface area (Å²) in [7, 11) is 0. The number of hydrogen-bond donors (Lipinski definition) is 1. The molecule has 1 amide bonds. The van der Waals surface area contributed by atoms with Crippen molar-refractivity contribution in [1.82, 2.24) is 20.1 Å². The molecular weight excluding hydrogens is 324 g/mol. The van der Waals surface area contributed by atoms with Gasteiger partial charge in [0.15, 0.2) is 0 Å². The highest BCUT2D eigenvalue weighted by Gasteiger charge is 2.45. The summed E-state index contributed by atoms with van der Waals surface area (Å²) in [5.41, 5.74) is 2.78. The average molecular weight is 346 g/mol. The van der Waals surface area contributed by atoms with Crippen molar-refractivity contribution in [2.45, 2.75) is 37.6 Å². The first-order chi connectivity index (χ1) is 12.7. The van der Waals surface area contributed by atoms with Gasteiger partial charge in [-0.05, 0) is 43.0 Å². The molecular formula is C21H22N4O. The molecule has 5 heteroatoms. The van der Waals surface area contributed by atoms with Crippen molar-refractivity contribution in [3.05, 3.63) is 78.4 Å². The van der Waals surface area contributed by atoms with E-state index >= 15 is 0 Å². The summed E-state index contributed by atoms with van der Waals surface area (Å²) in [6, 6.07) is 18.1. The van der Waals surface area contributed by atoms with E-state index in [-0.39, 0.29) is 17.4 Å². The molecule has 1 heterocycles. The molecule has 1 atom stereocenters. The maximum atomic E-state index is 13.1. The lowest BCUT2D eigenvalue weighted by Gasteiger charge is -2.41. The predicted molar refractivity (Wildman–Crippen MR) is 99.9 cm³/mol. The van der Waals surface area contributed by atoms with Crippen LogP contribution in [-0.4, -0.2) is 20.7 Å². The SMILES string of the molecule is CC(NC(=O)C1(c2ccccc2)CCC1)c1ccc(-n2cncn2)cc1. The minimum absolute atomic E-state index is 0.0477. The average Bonchev–Trinajstić information content (AvgIpc) is 3.16. The van der Waals surface area contributed by atoms with Crippen LogP contribution in [0.1, 0.15) is 43.4 Å². The Morgan fingerprint density at radius 2 is 1.85 bits per heavy atom. The maximum absolute atomic E-state index is 13.1. The number of rotatable bonds is 5. The normalized spacial score (nSPS) is 16.5. The second-order valence-corrected chi connectivity index (χ2v) is 6.93. The fourth-order valence-corrected chi connectivity index (χ4v) is 3.61. The van der Waals surface area contributed by atoms with E-state index in [4.69, 9.17) is 0 Å². The van der Waals surface area contributed by atoms with Crippen LogP contribution in [0.15, 0.2) is 67.3 Å². The van der Waals surface area contributed by atoms with E-state index in [1.807, 2.05) is 49.4 Å². The Kier molecular flexibility index (Phi) is 4.29. The van der Waals surface area contributed by atoms with Crippen molar-refractivity contribution >= 4 is 5.91 Å². The van der Waals surface area contributed by atoms with Gasteiger partial charge in [0, 0.05) is 0 Å². The summed E-state index contributed by atoms with van der Waals surface area (Å²) < 4.78 is 1.71. The second kappa shape index (κ2) is 6.75. The Bertz CT molecular complexity index is 868. The van der Waals surface area contributed by atoms with Crippen molar-refractivity contribution in [2.75, 3.05) is 0 Å². The van der Waals surface area contributed by atoms with E-state index in [0.29, 0.717) is 0 Å². The van der Waals surface area contributed by atoms with Crippen molar-refractivity contribution < 1.29 is 4.79 Å². The fraction of sp³-hybridized carbons (Fsp3) is 0.286. The van der Waals surface area contributed by atoms with Gasteiger partial charge in [-0.1, -0.05) is 48.9 Å². The van der Waals surface area contributed by atoms with E-state index in [0.717, 1.165) is 36.1 Å². The Morgan fingerprint density at radius 1 is 1.12 bits per heavy atom. The van der Waals surface area contributed by atoms with Crippen LogP contribution in [-0.2, 0) is 10.2 Å². The summed E-state index contributed by atoms with van der Waals surface area (Å²) in [6.07, 6.45) is 6.11. The summed E-state index contributed by atoms with van der Waals surface area (Å²) in [6.45, 7) is 2.03. The Balaban J connectivity index is 1.49. The minimum Gasteiger partial charge on any atom is -0.349 e. The molecule has 0 spiro atoms. The first-order valence-corrected chi connectivity index (χ1v) is 9.00. The first kappa shape index (κ1) is 16.5. The molecule has 0 aliphatic heterocycles. The molecule has 1 unspecified atom stereocenters. The van der Waals surface area contributed by atoms with Crippen LogP contribution in [0.3, 0.4) is 0 Å². The van der Waals surface area contributed by atoms with Crippen molar-refractivity contribution in [1.29, 1.82) is 0 Å². The summed E-state index contributed by atoms with van der Waals surface area (Å²) in [5.74, 6) is 0.128. The summed E-state index contributed by atoms with van der Waals surface area (Å²) >= 11 is 0. The highest BCUT2D eigenvalue weighted by Crippen LogP contribution is 2.44. The van der Waals surface area contributed by atoms with Crippen molar-refractivity contribution in [3.8, 4) is 5.69 Å². The van der Waals surface area contributed by atoms with Gasteiger partial charge in [0.2, 0.25) is 5.91 Å². The van der Waals surface area contributed by atoms with Gasteiger partial charge in [-0.2, -0.15) is 5.10 Å². The Morgan fingerprint density at radius 3 is 2.42 bits per heavy atom. The van der Waals surface area contributed by atoms with Crippen molar-refractivity contribution in [2.24, 2.45) is 0 Å². The van der Waals surface area contributed by atoms with E-state index in [1.54, 1.807) is 11.0 Å². The molecule has 26 heavy (non-hydrogen) atoms. The van der Waals surface area contributed by atoms with E-state index in [2.05, 4.69) is 27.5 Å². The van der Waals surface area contributed by atoms with Gasteiger partial charge in [-0.25, -0.2) is 9.67 Å². The van der Waals surface area contributed by atoms with Gasteiger partial charge in [0.1, 0.15) is 12.7 Å². The van der Waals surface area contributed by atoms with Gasteiger partial charge in [0.25, 0.3) is 0 Å². The van der Waals surface area contributed by atoms with Gasteiger partial charge in [0.05, 0.1) is 17.1 Å². The first-order valence-electron chi connectivity index (χ1n) is 9.00. The number of hydrogen-bond acceptors (Lipinski definition) is 3. The quantitative estimate of drug-likeness (QED) is 0.768. The van der Waals surface area contributed by atoms with Crippen LogP contribution in [0.5, 0.6) is 0 Å². The third-order valence-corrected chi connectivity index (χ3v) is 5.39. The third kappa shape index (κ3) is 2.90. The molecule has 0 bridgehead atoms. The van der Waals surface area contributed by atoms with Crippen LogP contribution in [0.4, 0.5) is 0 Å². The lowest BCUT2D eigenvalue weighted by Crippen LogP contribution is -2.49. The lowest BCUT2D eigenvalue weighted by molar-refractivity contribution is -0.130. The Hall–Kier alpha value is -2.95. The highest BCUT2D eigenvalue weighted by molar-refractivity contribution is 5.89. The maximum Gasteiger partial charge on any atom is 0.231 e. The van der Waals surface area contributed by atoms with Gasteiger partial charge in [-0.3, -0.25) is 4.79 Å². The monoisotopic (exact) mass is 346 g/mol. The molecule has 1 fully saturated rings. The molecule has 5 nitrogen and oxygen atoms in total. The molecule has 1 saturated carbocycles. The molecule has 1 N–H and O–H groups in total. The van der Waals surface area contributed by atoms with Gasteiger partial charge >= 0.3 is 0 Å². The smallest absolute Gasteiger partial charge is 0.231 e. The minimum atomic E-state index is -0.365. The zero-order valence-electron chi connectivity index (χ0n) is 14.8. The second-order valence-electron chi connectivity index (χ2n) is 6.93. The van der Waals surface area contributed by atoms with Crippen LogP contribution in [0, 0.1) is 0 Å². The van der Waals surface area contributed by atoms with Crippen molar-refractivity contribution in [3.63, 3.8) is 0 Å². The number of nitrogens with one attached hydrogen (secondary N) is 1. The Labute approximate surface area is 153 Å². The van der Waals surface area contributed by atoms with E-state index in [1.165, 1.54) is 6.33 Å². The standard InChI is InChI=1S/C21H22N4O/c1-16(17-8-10-19(11-9-17)25-15-22-14-23-25)24-20(26)21(12-5-13-21)18-6-3-2-4-7-18/h2-4,6-11,14-16H,5,12-13H2,1H3,(H,24,26). The number of carbonyl (C=O) groups is 1. The van der Waals surface area contributed by atoms with Crippen LogP contribution >= 0.6 is 0 Å². The fourth-order valence-electron chi connectivity index (χ4n) is 3.61.